The van der Waals surface area contributed by atoms with Crippen molar-refractivity contribution < 1.29 is 5.11 Å². The Morgan fingerprint density at radius 2 is 2.25 bits per heavy atom. The van der Waals surface area contributed by atoms with Crippen molar-refractivity contribution in [1.82, 2.24) is 9.88 Å². The van der Waals surface area contributed by atoms with Gasteiger partial charge in [0.15, 0.2) is 5.13 Å². The van der Waals surface area contributed by atoms with Crippen LogP contribution in [0.3, 0.4) is 0 Å². The van der Waals surface area contributed by atoms with Gasteiger partial charge in [-0.15, -0.1) is 11.3 Å². The third kappa shape index (κ3) is 3.32. The number of rotatable bonds is 6. The molecule has 1 aromatic rings. The average molecular weight is 295 g/mol. The van der Waals surface area contributed by atoms with Crippen LogP contribution in [0.2, 0.25) is 0 Å². The molecule has 0 spiro atoms. The Balaban J connectivity index is 1.61. The summed E-state index contributed by atoms with van der Waals surface area (Å²) in [7, 11) is 2.16. The second-order valence-corrected chi connectivity index (χ2v) is 6.93. The number of likely N-dealkylation sites (tertiary alicyclic amines) is 1. The molecule has 2 heterocycles. The van der Waals surface area contributed by atoms with E-state index < -0.39 is 0 Å². The van der Waals surface area contributed by atoms with Gasteiger partial charge in [-0.2, -0.15) is 0 Å². The van der Waals surface area contributed by atoms with E-state index in [9.17, 15) is 5.11 Å². The molecule has 1 aromatic heterocycles. The number of nitrogens with zero attached hydrogens (tertiary/aromatic N) is 3. The van der Waals surface area contributed by atoms with Crippen LogP contribution in [-0.2, 0) is 6.54 Å². The smallest absolute Gasteiger partial charge is 0.185 e. The number of hydrogen-bond donors (Lipinski definition) is 1. The molecule has 4 nitrogen and oxygen atoms in total. The number of thiazole rings is 1. The van der Waals surface area contributed by atoms with Gasteiger partial charge in [-0.3, -0.25) is 4.90 Å². The molecule has 0 bridgehead atoms. The van der Waals surface area contributed by atoms with Crippen LogP contribution in [0.5, 0.6) is 0 Å². The van der Waals surface area contributed by atoms with E-state index in [1.807, 2.05) is 0 Å². The monoisotopic (exact) mass is 295 g/mol. The van der Waals surface area contributed by atoms with Crippen LogP contribution in [-0.4, -0.2) is 47.3 Å². The van der Waals surface area contributed by atoms with Crippen LogP contribution in [0.4, 0.5) is 5.13 Å². The molecule has 1 saturated heterocycles. The summed E-state index contributed by atoms with van der Waals surface area (Å²) < 4.78 is 0. The zero-order chi connectivity index (χ0) is 13.9. The second-order valence-electron chi connectivity index (χ2n) is 6.10. The third-order valence-corrected chi connectivity index (χ3v) is 5.49. The van der Waals surface area contributed by atoms with Gasteiger partial charge in [-0.05, 0) is 38.6 Å². The highest BCUT2D eigenvalue weighted by Gasteiger charge is 2.28. The van der Waals surface area contributed by atoms with E-state index >= 15 is 0 Å². The first-order chi connectivity index (χ1) is 9.78. The van der Waals surface area contributed by atoms with Gasteiger partial charge < -0.3 is 10.0 Å². The number of aromatic nitrogens is 1. The number of piperidine rings is 1. The van der Waals surface area contributed by atoms with Gasteiger partial charge in [-0.25, -0.2) is 4.98 Å². The second kappa shape index (κ2) is 6.41. The Kier molecular flexibility index (Phi) is 4.58. The summed E-state index contributed by atoms with van der Waals surface area (Å²) in [5.74, 6) is 0. The van der Waals surface area contributed by atoms with Crippen molar-refractivity contribution in [2.45, 2.75) is 57.2 Å². The van der Waals surface area contributed by atoms with Crippen LogP contribution in [0.1, 0.15) is 44.2 Å². The molecule has 112 valence electrons. The normalized spacial score (nSPS) is 24.0. The van der Waals surface area contributed by atoms with E-state index in [-0.39, 0.29) is 0 Å². The molecule has 1 atom stereocenters. The average Bonchev–Trinajstić information content (AvgIpc) is 3.21. The largest absolute Gasteiger partial charge is 0.396 e. The summed E-state index contributed by atoms with van der Waals surface area (Å²) in [5, 5.41) is 12.6. The van der Waals surface area contributed by atoms with Gasteiger partial charge in [-0.1, -0.05) is 6.42 Å². The van der Waals surface area contributed by atoms with Crippen LogP contribution < -0.4 is 4.90 Å². The predicted molar refractivity (Wildman–Crippen MR) is 83.3 cm³/mol. The standard InChI is InChI=1S/C15H25N3OS/c1-17(13-5-6-13)15-16-12(11-20-15)10-18-8-3-2-4-14(18)7-9-19/h11,13-14,19H,2-10H2,1H3. The minimum atomic E-state index is 0.300. The molecule has 1 N–H and O–H groups in total. The zero-order valence-electron chi connectivity index (χ0n) is 12.3. The van der Waals surface area contributed by atoms with Crippen LogP contribution >= 0.6 is 11.3 Å². The summed E-state index contributed by atoms with van der Waals surface area (Å²) in [6.45, 7) is 2.39. The van der Waals surface area contributed by atoms with Crippen LogP contribution in [0, 0.1) is 0 Å². The van der Waals surface area contributed by atoms with Crippen molar-refractivity contribution in [3.8, 4) is 0 Å². The SMILES string of the molecule is CN(c1nc(CN2CCCCC2CCO)cs1)C1CC1. The van der Waals surface area contributed by atoms with Gasteiger partial charge in [0.2, 0.25) is 0 Å². The van der Waals surface area contributed by atoms with Gasteiger partial charge in [0, 0.05) is 37.7 Å². The minimum absolute atomic E-state index is 0.300. The maximum Gasteiger partial charge on any atom is 0.185 e. The Bertz CT molecular complexity index is 431. The summed E-state index contributed by atoms with van der Waals surface area (Å²) in [4.78, 5) is 9.64. The lowest BCUT2D eigenvalue weighted by atomic mass is 9.99. The van der Waals surface area contributed by atoms with Gasteiger partial charge >= 0.3 is 0 Å². The molecule has 0 aromatic carbocycles. The van der Waals surface area contributed by atoms with Gasteiger partial charge in [0.25, 0.3) is 0 Å². The van der Waals surface area contributed by atoms with E-state index in [0.29, 0.717) is 12.6 Å². The minimum Gasteiger partial charge on any atom is -0.396 e. The first kappa shape index (κ1) is 14.3. The first-order valence-corrected chi connectivity index (χ1v) is 8.68. The molecule has 2 fully saturated rings. The Morgan fingerprint density at radius 1 is 1.40 bits per heavy atom. The zero-order valence-corrected chi connectivity index (χ0v) is 13.1. The van der Waals surface area contributed by atoms with E-state index in [0.717, 1.165) is 25.6 Å². The lowest BCUT2D eigenvalue weighted by Crippen LogP contribution is -2.39. The molecular weight excluding hydrogens is 270 g/mol. The van der Waals surface area contributed by atoms with Crippen molar-refractivity contribution in [2.75, 3.05) is 25.1 Å². The maximum absolute atomic E-state index is 9.20. The van der Waals surface area contributed by atoms with Crippen molar-refractivity contribution in [3.63, 3.8) is 0 Å². The molecule has 2 aliphatic rings. The van der Waals surface area contributed by atoms with Crippen LogP contribution in [0.15, 0.2) is 5.38 Å². The van der Waals surface area contributed by atoms with Crippen molar-refractivity contribution >= 4 is 16.5 Å². The Labute approximate surface area is 125 Å². The van der Waals surface area contributed by atoms with Gasteiger partial charge in [0.05, 0.1) is 5.69 Å². The molecule has 0 amide bonds. The molecule has 0 radical (unpaired) electrons. The molecule has 3 rings (SSSR count). The highest BCUT2D eigenvalue weighted by Crippen LogP contribution is 2.32. The number of aliphatic hydroxyl groups excluding tert-OH is 1. The predicted octanol–water partition coefficient (Wildman–Crippen LogP) is 2.48. The highest BCUT2D eigenvalue weighted by molar-refractivity contribution is 7.13. The number of hydrogen-bond acceptors (Lipinski definition) is 5. The third-order valence-electron chi connectivity index (χ3n) is 4.51. The fourth-order valence-electron chi connectivity index (χ4n) is 3.10. The number of aliphatic hydroxyl groups is 1. The Morgan fingerprint density at radius 3 is 3.00 bits per heavy atom. The molecule has 1 aliphatic heterocycles. The van der Waals surface area contributed by atoms with E-state index in [1.165, 1.54) is 42.9 Å². The molecule has 1 saturated carbocycles. The molecular formula is C15H25N3OS. The highest BCUT2D eigenvalue weighted by atomic mass is 32.1. The van der Waals surface area contributed by atoms with E-state index in [1.54, 1.807) is 11.3 Å². The lowest BCUT2D eigenvalue weighted by Gasteiger charge is -2.35. The van der Waals surface area contributed by atoms with Crippen molar-refractivity contribution in [2.24, 2.45) is 0 Å². The summed E-state index contributed by atoms with van der Waals surface area (Å²) in [6, 6.07) is 1.27. The topological polar surface area (TPSA) is 39.6 Å². The van der Waals surface area contributed by atoms with Gasteiger partial charge in [0.1, 0.15) is 0 Å². The fraction of sp³-hybridized carbons (Fsp3) is 0.800. The van der Waals surface area contributed by atoms with E-state index in [4.69, 9.17) is 4.98 Å². The molecule has 1 unspecified atom stereocenters. The molecule has 20 heavy (non-hydrogen) atoms. The first-order valence-electron chi connectivity index (χ1n) is 7.80. The fourth-order valence-corrected chi connectivity index (χ4v) is 3.96. The van der Waals surface area contributed by atoms with E-state index in [2.05, 4.69) is 22.2 Å². The quantitative estimate of drug-likeness (QED) is 0.875. The van der Waals surface area contributed by atoms with Crippen molar-refractivity contribution in [3.05, 3.63) is 11.1 Å². The summed E-state index contributed by atoms with van der Waals surface area (Å²) >= 11 is 1.77. The van der Waals surface area contributed by atoms with Crippen molar-refractivity contribution in [1.29, 1.82) is 0 Å². The number of anilines is 1. The molecule has 1 aliphatic carbocycles. The lowest BCUT2D eigenvalue weighted by molar-refractivity contribution is 0.111. The summed E-state index contributed by atoms with van der Waals surface area (Å²) in [5.41, 5.74) is 1.20. The van der Waals surface area contributed by atoms with Crippen LogP contribution in [0.25, 0.3) is 0 Å². The summed E-state index contributed by atoms with van der Waals surface area (Å²) in [6.07, 6.45) is 7.33. The molecule has 5 heteroatoms. The Hall–Kier alpha value is -0.650. The maximum atomic E-state index is 9.20.